The van der Waals surface area contributed by atoms with Crippen molar-refractivity contribution in [1.29, 1.82) is 0 Å². The third-order valence-corrected chi connectivity index (χ3v) is 3.59. The second kappa shape index (κ2) is 6.63. The Hall–Kier alpha value is -1.46. The zero-order valence-electron chi connectivity index (χ0n) is 11.0. The molecular formula is C14H18N2O2S. The van der Waals surface area contributed by atoms with Gasteiger partial charge in [0.25, 0.3) is 5.91 Å². The Morgan fingerprint density at radius 1 is 1.47 bits per heavy atom. The number of carbonyl (C=O) groups excluding carboxylic acids is 1. The van der Waals surface area contributed by atoms with Gasteiger partial charge in [-0.1, -0.05) is 18.2 Å². The number of rotatable bonds is 3. The highest BCUT2D eigenvalue weighted by Crippen LogP contribution is 2.17. The summed E-state index contributed by atoms with van der Waals surface area (Å²) in [6, 6.07) is 9.37. The maximum atomic E-state index is 12.0. The SMILES string of the molecule is COC[C@H]1CCCN1C(=S)NC(=O)c1ccccc1. The van der Waals surface area contributed by atoms with Crippen LogP contribution in [0.2, 0.25) is 0 Å². The van der Waals surface area contributed by atoms with E-state index in [2.05, 4.69) is 5.32 Å². The molecule has 1 atom stereocenters. The van der Waals surface area contributed by atoms with E-state index in [1.165, 1.54) is 0 Å². The van der Waals surface area contributed by atoms with Crippen molar-refractivity contribution in [2.45, 2.75) is 18.9 Å². The molecule has 0 spiro atoms. The molecule has 1 aliphatic heterocycles. The molecule has 1 aliphatic rings. The summed E-state index contributed by atoms with van der Waals surface area (Å²) in [5, 5.41) is 3.28. The number of likely N-dealkylation sites (tertiary alicyclic amines) is 1. The highest BCUT2D eigenvalue weighted by Gasteiger charge is 2.27. The van der Waals surface area contributed by atoms with Crippen molar-refractivity contribution in [2.24, 2.45) is 0 Å². The maximum Gasteiger partial charge on any atom is 0.257 e. The first-order valence-electron chi connectivity index (χ1n) is 6.38. The number of nitrogens with zero attached hydrogens (tertiary/aromatic N) is 1. The van der Waals surface area contributed by atoms with Crippen LogP contribution in [0.3, 0.4) is 0 Å². The van der Waals surface area contributed by atoms with Crippen LogP contribution in [-0.2, 0) is 4.74 Å². The highest BCUT2D eigenvalue weighted by atomic mass is 32.1. The van der Waals surface area contributed by atoms with Gasteiger partial charge in [-0.05, 0) is 37.2 Å². The van der Waals surface area contributed by atoms with E-state index in [1.807, 2.05) is 23.1 Å². The molecule has 0 saturated carbocycles. The van der Waals surface area contributed by atoms with Gasteiger partial charge in [0.05, 0.1) is 12.6 Å². The number of carbonyl (C=O) groups is 1. The summed E-state index contributed by atoms with van der Waals surface area (Å²) in [6.07, 6.45) is 2.13. The summed E-state index contributed by atoms with van der Waals surface area (Å²) < 4.78 is 5.18. The topological polar surface area (TPSA) is 41.6 Å². The van der Waals surface area contributed by atoms with E-state index in [0.717, 1.165) is 19.4 Å². The van der Waals surface area contributed by atoms with Crippen LogP contribution >= 0.6 is 12.2 Å². The number of ether oxygens (including phenoxy) is 1. The summed E-state index contributed by atoms with van der Waals surface area (Å²) >= 11 is 5.32. The van der Waals surface area contributed by atoms with Gasteiger partial charge in [0.1, 0.15) is 0 Å². The van der Waals surface area contributed by atoms with Gasteiger partial charge in [0.15, 0.2) is 5.11 Å². The molecule has 0 aromatic heterocycles. The fourth-order valence-electron chi connectivity index (χ4n) is 2.30. The molecule has 1 fully saturated rings. The first-order valence-corrected chi connectivity index (χ1v) is 6.79. The predicted octanol–water partition coefficient (Wildman–Crippen LogP) is 1.81. The van der Waals surface area contributed by atoms with Crippen molar-refractivity contribution in [1.82, 2.24) is 10.2 Å². The minimum Gasteiger partial charge on any atom is -0.383 e. The molecule has 1 aromatic carbocycles. The van der Waals surface area contributed by atoms with Gasteiger partial charge in [-0.3, -0.25) is 10.1 Å². The molecule has 5 heteroatoms. The molecule has 4 nitrogen and oxygen atoms in total. The molecule has 1 aromatic rings. The highest BCUT2D eigenvalue weighted by molar-refractivity contribution is 7.80. The molecule has 1 N–H and O–H groups in total. The Labute approximate surface area is 118 Å². The van der Waals surface area contributed by atoms with Crippen LogP contribution in [0.4, 0.5) is 0 Å². The van der Waals surface area contributed by atoms with Gasteiger partial charge in [0, 0.05) is 19.2 Å². The quantitative estimate of drug-likeness (QED) is 0.856. The van der Waals surface area contributed by atoms with Gasteiger partial charge in [-0.25, -0.2) is 0 Å². The van der Waals surface area contributed by atoms with E-state index in [0.29, 0.717) is 17.3 Å². The standard InChI is InChI=1S/C14H18N2O2S/c1-18-10-12-8-5-9-16(12)14(19)15-13(17)11-6-3-2-4-7-11/h2-4,6-7,12H,5,8-10H2,1H3,(H,15,17,19)/t12-/m1/s1. The fraction of sp³-hybridized carbons (Fsp3) is 0.429. The van der Waals surface area contributed by atoms with Crippen molar-refractivity contribution < 1.29 is 9.53 Å². The fourth-order valence-corrected chi connectivity index (χ4v) is 2.63. The minimum absolute atomic E-state index is 0.159. The number of hydrogen-bond donors (Lipinski definition) is 1. The van der Waals surface area contributed by atoms with Crippen molar-refractivity contribution in [3.05, 3.63) is 35.9 Å². The monoisotopic (exact) mass is 278 g/mol. The maximum absolute atomic E-state index is 12.0. The molecule has 1 saturated heterocycles. The molecule has 0 bridgehead atoms. The summed E-state index contributed by atoms with van der Waals surface area (Å²) in [4.78, 5) is 14.1. The van der Waals surface area contributed by atoms with Gasteiger partial charge in [-0.15, -0.1) is 0 Å². The van der Waals surface area contributed by atoms with Crippen molar-refractivity contribution in [2.75, 3.05) is 20.3 Å². The number of nitrogens with one attached hydrogen (secondary N) is 1. The Kier molecular flexibility index (Phi) is 4.87. The second-order valence-electron chi connectivity index (χ2n) is 4.57. The largest absolute Gasteiger partial charge is 0.383 e. The van der Waals surface area contributed by atoms with E-state index in [-0.39, 0.29) is 11.9 Å². The van der Waals surface area contributed by atoms with E-state index in [4.69, 9.17) is 17.0 Å². The predicted molar refractivity (Wildman–Crippen MR) is 78.1 cm³/mol. The minimum atomic E-state index is -0.159. The Balaban J connectivity index is 1.95. The van der Waals surface area contributed by atoms with Gasteiger partial charge < -0.3 is 9.64 Å². The Bertz CT molecular complexity index is 450. The van der Waals surface area contributed by atoms with Crippen LogP contribution in [0, 0.1) is 0 Å². The summed E-state index contributed by atoms with van der Waals surface area (Å²) in [5.41, 5.74) is 0.618. The smallest absolute Gasteiger partial charge is 0.257 e. The third kappa shape index (κ3) is 3.52. The average Bonchev–Trinajstić information content (AvgIpc) is 2.88. The van der Waals surface area contributed by atoms with E-state index in [9.17, 15) is 4.79 Å². The van der Waals surface area contributed by atoms with Crippen LogP contribution in [0.5, 0.6) is 0 Å². The van der Waals surface area contributed by atoms with Gasteiger partial charge in [-0.2, -0.15) is 0 Å². The lowest BCUT2D eigenvalue weighted by atomic mass is 10.2. The molecule has 1 amide bonds. The zero-order chi connectivity index (χ0) is 13.7. The molecule has 0 radical (unpaired) electrons. The van der Waals surface area contributed by atoms with Crippen LogP contribution < -0.4 is 5.32 Å². The molecule has 1 heterocycles. The van der Waals surface area contributed by atoms with Crippen LogP contribution in [-0.4, -0.2) is 42.2 Å². The number of methoxy groups -OCH3 is 1. The third-order valence-electron chi connectivity index (χ3n) is 3.25. The lowest BCUT2D eigenvalue weighted by Gasteiger charge is -2.26. The number of hydrogen-bond acceptors (Lipinski definition) is 3. The van der Waals surface area contributed by atoms with Gasteiger partial charge in [0.2, 0.25) is 0 Å². The molecule has 2 rings (SSSR count). The summed E-state index contributed by atoms with van der Waals surface area (Å²) in [5.74, 6) is -0.159. The average molecular weight is 278 g/mol. The first kappa shape index (κ1) is 14.0. The lowest BCUT2D eigenvalue weighted by Crippen LogP contribution is -2.46. The lowest BCUT2D eigenvalue weighted by molar-refractivity contribution is 0.0968. The van der Waals surface area contributed by atoms with E-state index in [1.54, 1.807) is 19.2 Å². The molecular weight excluding hydrogens is 260 g/mol. The second-order valence-corrected chi connectivity index (χ2v) is 4.96. The zero-order valence-corrected chi connectivity index (χ0v) is 11.8. The van der Waals surface area contributed by atoms with Crippen LogP contribution in [0.1, 0.15) is 23.2 Å². The van der Waals surface area contributed by atoms with Crippen LogP contribution in [0.25, 0.3) is 0 Å². The van der Waals surface area contributed by atoms with Crippen molar-refractivity contribution in [3.63, 3.8) is 0 Å². The summed E-state index contributed by atoms with van der Waals surface area (Å²) in [7, 11) is 1.68. The number of benzene rings is 1. The van der Waals surface area contributed by atoms with Crippen LogP contribution in [0.15, 0.2) is 30.3 Å². The molecule has 19 heavy (non-hydrogen) atoms. The Morgan fingerprint density at radius 2 is 2.21 bits per heavy atom. The first-order chi connectivity index (χ1) is 9.22. The van der Waals surface area contributed by atoms with E-state index >= 15 is 0 Å². The number of amides is 1. The van der Waals surface area contributed by atoms with E-state index < -0.39 is 0 Å². The van der Waals surface area contributed by atoms with Crippen molar-refractivity contribution in [3.8, 4) is 0 Å². The Morgan fingerprint density at radius 3 is 2.89 bits per heavy atom. The molecule has 0 aliphatic carbocycles. The summed E-state index contributed by atoms with van der Waals surface area (Å²) in [6.45, 7) is 1.52. The molecule has 102 valence electrons. The van der Waals surface area contributed by atoms with Crippen molar-refractivity contribution >= 4 is 23.2 Å². The normalized spacial score (nSPS) is 18.4. The molecule has 0 unspecified atom stereocenters. The van der Waals surface area contributed by atoms with Gasteiger partial charge >= 0.3 is 0 Å². The number of thiocarbonyl (C=S) groups is 1.